The van der Waals surface area contributed by atoms with Gasteiger partial charge >= 0.3 is 0 Å². The first kappa shape index (κ1) is 22.4. The lowest BCUT2D eigenvalue weighted by atomic mass is 10.3. The number of thioether (sulfide) groups is 1. The van der Waals surface area contributed by atoms with E-state index in [1.165, 1.54) is 24.3 Å². The molecular weight excluding hydrogens is 442 g/mol. The minimum Gasteiger partial charge on any atom is -0.494 e. The second-order valence-corrected chi connectivity index (χ2v) is 11.1. The van der Waals surface area contributed by atoms with Crippen molar-refractivity contribution in [3.8, 4) is 5.75 Å². The van der Waals surface area contributed by atoms with Gasteiger partial charge in [0.2, 0.25) is 0 Å². The van der Waals surface area contributed by atoms with E-state index in [9.17, 15) is 16.8 Å². The molecule has 0 bridgehead atoms. The molecule has 0 unspecified atom stereocenters. The first-order valence-electron chi connectivity index (χ1n) is 9.09. The van der Waals surface area contributed by atoms with Gasteiger partial charge in [-0.2, -0.15) is 0 Å². The molecule has 30 heavy (non-hydrogen) atoms. The van der Waals surface area contributed by atoms with Crippen molar-refractivity contribution < 1.29 is 21.6 Å². The molecule has 0 spiro atoms. The highest BCUT2D eigenvalue weighted by Gasteiger charge is 2.36. The summed E-state index contributed by atoms with van der Waals surface area (Å²) in [4.78, 5) is 0.545. The van der Waals surface area contributed by atoms with Gasteiger partial charge in [-0.05, 0) is 55.5 Å². The van der Waals surface area contributed by atoms with E-state index >= 15 is 0 Å². The predicted molar refractivity (Wildman–Crippen MR) is 117 cm³/mol. The van der Waals surface area contributed by atoms with Crippen LogP contribution in [0.25, 0.3) is 0 Å². The number of ether oxygens (including phenoxy) is 1. The molecule has 6 nitrogen and oxygen atoms in total. The summed E-state index contributed by atoms with van der Waals surface area (Å²) in [6, 6.07) is 22.1. The Balaban J connectivity index is 1.96. The zero-order valence-electron chi connectivity index (χ0n) is 16.2. The molecule has 0 amide bonds. The van der Waals surface area contributed by atoms with Crippen LogP contribution >= 0.6 is 11.8 Å². The fourth-order valence-corrected chi connectivity index (χ4v) is 7.65. The average molecular weight is 464 g/mol. The number of sulfonamides is 2. The van der Waals surface area contributed by atoms with Gasteiger partial charge in [0.05, 0.1) is 22.3 Å². The van der Waals surface area contributed by atoms with Gasteiger partial charge in [-0.15, -0.1) is 11.8 Å². The molecule has 0 aliphatic heterocycles. The van der Waals surface area contributed by atoms with Gasteiger partial charge in [0.25, 0.3) is 20.0 Å². The van der Waals surface area contributed by atoms with Crippen molar-refractivity contribution in [1.29, 1.82) is 0 Å². The van der Waals surface area contributed by atoms with Crippen molar-refractivity contribution >= 4 is 31.8 Å². The third-order valence-electron chi connectivity index (χ3n) is 4.09. The molecule has 158 valence electrons. The van der Waals surface area contributed by atoms with Gasteiger partial charge in [-0.1, -0.05) is 40.1 Å². The molecule has 0 aromatic heterocycles. The van der Waals surface area contributed by atoms with Crippen LogP contribution in [-0.2, 0) is 20.0 Å². The molecule has 0 heterocycles. The minimum atomic E-state index is -4.29. The topological polar surface area (TPSA) is 80.8 Å². The standard InChI is InChI=1S/C21H21NO5S3/c1-2-27-18-13-15-19(16-14-18)28-17-22(29(23,24)20-9-5-3-6-10-20)30(25,26)21-11-7-4-8-12-21/h3-16H,2,17H2,1H3. The van der Waals surface area contributed by atoms with Crippen LogP contribution in [0.4, 0.5) is 0 Å². The molecule has 0 saturated heterocycles. The summed E-state index contributed by atoms with van der Waals surface area (Å²) in [6.45, 7) is 2.41. The van der Waals surface area contributed by atoms with E-state index in [1.54, 1.807) is 60.7 Å². The Morgan fingerprint density at radius 2 is 1.20 bits per heavy atom. The van der Waals surface area contributed by atoms with Crippen molar-refractivity contribution in [2.75, 3.05) is 12.5 Å². The van der Waals surface area contributed by atoms with Crippen molar-refractivity contribution in [2.45, 2.75) is 21.6 Å². The lowest BCUT2D eigenvalue weighted by molar-refractivity contribution is 0.340. The first-order chi connectivity index (χ1) is 14.4. The molecule has 0 N–H and O–H groups in total. The van der Waals surface area contributed by atoms with Gasteiger partial charge < -0.3 is 4.74 Å². The summed E-state index contributed by atoms with van der Waals surface area (Å²) in [5, 5.41) is 0. The smallest absolute Gasteiger partial charge is 0.257 e. The maximum atomic E-state index is 13.2. The quantitative estimate of drug-likeness (QED) is 0.349. The summed E-state index contributed by atoms with van der Waals surface area (Å²) in [5.74, 6) is 0.384. The monoisotopic (exact) mass is 463 g/mol. The molecule has 0 fully saturated rings. The van der Waals surface area contributed by atoms with Crippen LogP contribution in [0.2, 0.25) is 0 Å². The van der Waals surface area contributed by atoms with Crippen LogP contribution < -0.4 is 4.74 Å². The summed E-state index contributed by atoms with van der Waals surface area (Å²) >= 11 is 1.11. The number of rotatable bonds is 9. The van der Waals surface area contributed by atoms with Gasteiger partial charge in [0, 0.05) is 4.90 Å². The lowest BCUT2D eigenvalue weighted by Crippen LogP contribution is -2.36. The van der Waals surface area contributed by atoms with Crippen LogP contribution in [0.1, 0.15) is 6.92 Å². The Labute approximate surface area is 181 Å². The SMILES string of the molecule is CCOc1ccc(SCN(S(=O)(=O)c2ccccc2)S(=O)(=O)c2ccccc2)cc1. The molecule has 9 heteroatoms. The third-order valence-corrected chi connectivity index (χ3v) is 9.65. The van der Waals surface area contributed by atoms with Crippen LogP contribution in [-0.4, -0.2) is 33.0 Å². The Morgan fingerprint density at radius 1 is 0.733 bits per heavy atom. The Hall–Kier alpha value is -2.33. The maximum absolute atomic E-state index is 13.2. The molecule has 3 aromatic carbocycles. The maximum Gasteiger partial charge on any atom is 0.257 e. The summed E-state index contributed by atoms with van der Waals surface area (Å²) in [6.07, 6.45) is 0. The Morgan fingerprint density at radius 3 is 1.63 bits per heavy atom. The first-order valence-corrected chi connectivity index (χ1v) is 13.0. The van der Waals surface area contributed by atoms with Gasteiger partial charge in [-0.25, -0.2) is 16.8 Å². The van der Waals surface area contributed by atoms with Crippen molar-refractivity contribution in [1.82, 2.24) is 3.71 Å². The number of hydrogen-bond donors (Lipinski definition) is 0. The molecule has 0 atom stereocenters. The third kappa shape index (κ3) is 5.04. The summed E-state index contributed by atoms with van der Waals surface area (Å²) in [7, 11) is -8.59. The Kier molecular flexibility index (Phi) is 7.19. The molecule has 3 aromatic rings. The molecule has 0 saturated carbocycles. The molecular formula is C21H21NO5S3. The lowest BCUT2D eigenvalue weighted by Gasteiger charge is -2.22. The van der Waals surface area contributed by atoms with E-state index in [4.69, 9.17) is 4.74 Å². The van der Waals surface area contributed by atoms with E-state index in [1.807, 2.05) is 6.92 Å². The van der Waals surface area contributed by atoms with Crippen molar-refractivity contribution in [3.05, 3.63) is 84.9 Å². The fourth-order valence-electron chi connectivity index (χ4n) is 2.61. The van der Waals surface area contributed by atoms with Crippen LogP contribution in [0.5, 0.6) is 5.75 Å². The van der Waals surface area contributed by atoms with E-state index in [2.05, 4.69) is 0 Å². The van der Waals surface area contributed by atoms with Gasteiger partial charge in [-0.3, -0.25) is 0 Å². The highest BCUT2D eigenvalue weighted by molar-refractivity contribution is 8.06. The zero-order valence-corrected chi connectivity index (χ0v) is 18.7. The second-order valence-electron chi connectivity index (χ2n) is 6.09. The van der Waals surface area contributed by atoms with Gasteiger partial charge in [0.1, 0.15) is 5.75 Å². The Bertz CT molecular complexity index is 1090. The molecule has 0 radical (unpaired) electrons. The van der Waals surface area contributed by atoms with Crippen LogP contribution in [0, 0.1) is 0 Å². The van der Waals surface area contributed by atoms with E-state index < -0.39 is 20.0 Å². The molecule has 0 aliphatic carbocycles. The number of nitrogens with zero attached hydrogens (tertiary/aromatic N) is 1. The predicted octanol–water partition coefficient (Wildman–Crippen LogP) is 4.21. The summed E-state index contributed by atoms with van der Waals surface area (Å²) in [5.41, 5.74) is 0. The number of hydrogen-bond acceptors (Lipinski definition) is 6. The normalized spacial score (nSPS) is 12.1. The van der Waals surface area contributed by atoms with Gasteiger partial charge in [0.15, 0.2) is 0 Å². The van der Waals surface area contributed by atoms with Crippen LogP contribution in [0.3, 0.4) is 0 Å². The highest BCUT2D eigenvalue weighted by atomic mass is 32.3. The van der Waals surface area contributed by atoms with Crippen molar-refractivity contribution in [2.24, 2.45) is 0 Å². The number of benzene rings is 3. The van der Waals surface area contributed by atoms with E-state index in [0.717, 1.165) is 16.7 Å². The molecule has 0 aliphatic rings. The second kappa shape index (κ2) is 9.65. The zero-order chi connectivity index (χ0) is 21.6. The van der Waals surface area contributed by atoms with Crippen LogP contribution in [0.15, 0.2) is 99.6 Å². The van der Waals surface area contributed by atoms with E-state index in [0.29, 0.717) is 16.1 Å². The fraction of sp³-hybridized carbons (Fsp3) is 0.143. The van der Waals surface area contributed by atoms with E-state index in [-0.39, 0.29) is 15.7 Å². The summed E-state index contributed by atoms with van der Waals surface area (Å²) < 4.78 is 58.9. The minimum absolute atomic E-state index is 0.0863. The molecule has 3 rings (SSSR count). The average Bonchev–Trinajstić information content (AvgIpc) is 2.76. The highest BCUT2D eigenvalue weighted by Crippen LogP contribution is 2.30. The van der Waals surface area contributed by atoms with Crippen molar-refractivity contribution in [3.63, 3.8) is 0 Å². The largest absolute Gasteiger partial charge is 0.494 e.